The minimum Gasteiger partial charge on any atom is -0.494 e. The summed E-state index contributed by atoms with van der Waals surface area (Å²) in [7, 11) is 1.91. The van der Waals surface area contributed by atoms with E-state index >= 15 is 0 Å². The smallest absolute Gasteiger partial charge is 0.124 e. The van der Waals surface area contributed by atoms with Crippen molar-refractivity contribution in [2.45, 2.75) is 32.9 Å². The number of anilines is 1. The molecule has 0 aliphatic heterocycles. The molecule has 1 atom stereocenters. The Balaban J connectivity index is 2.17. The van der Waals surface area contributed by atoms with Crippen molar-refractivity contribution >= 4 is 5.69 Å². The van der Waals surface area contributed by atoms with Crippen LogP contribution in [0.1, 0.15) is 37.4 Å². The lowest BCUT2D eigenvalue weighted by Crippen LogP contribution is -2.09. The Labute approximate surface area is 125 Å². The van der Waals surface area contributed by atoms with E-state index in [1.807, 2.05) is 44.6 Å². The molecule has 5 heteroatoms. The zero-order chi connectivity index (χ0) is 15.2. The molecule has 0 saturated carbocycles. The summed E-state index contributed by atoms with van der Waals surface area (Å²) in [6, 6.07) is 6.00. The average Bonchev–Trinajstić information content (AvgIpc) is 2.92. The molecular formula is C16H23N3O2. The van der Waals surface area contributed by atoms with Crippen molar-refractivity contribution in [1.29, 1.82) is 0 Å². The number of benzene rings is 1. The monoisotopic (exact) mass is 289 g/mol. The highest BCUT2D eigenvalue weighted by Crippen LogP contribution is 2.27. The maximum atomic E-state index is 9.46. The molecule has 2 aromatic rings. The van der Waals surface area contributed by atoms with Crippen LogP contribution in [0.3, 0.4) is 0 Å². The van der Waals surface area contributed by atoms with Crippen LogP contribution in [0, 0.1) is 0 Å². The lowest BCUT2D eigenvalue weighted by molar-refractivity contribution is 0.267. The highest BCUT2D eigenvalue weighted by atomic mass is 16.5. The third-order valence-corrected chi connectivity index (χ3v) is 3.41. The number of nitrogens with zero attached hydrogens (tertiary/aromatic N) is 2. The number of nitrogens with one attached hydrogen (secondary N) is 1. The second-order valence-corrected chi connectivity index (χ2v) is 4.97. The topological polar surface area (TPSA) is 59.3 Å². The third kappa shape index (κ3) is 3.76. The van der Waals surface area contributed by atoms with E-state index in [2.05, 4.69) is 17.3 Å². The third-order valence-electron chi connectivity index (χ3n) is 3.41. The van der Waals surface area contributed by atoms with Gasteiger partial charge >= 0.3 is 0 Å². The predicted molar refractivity (Wildman–Crippen MR) is 83.4 cm³/mol. The van der Waals surface area contributed by atoms with E-state index in [1.165, 1.54) is 0 Å². The number of aliphatic hydroxyl groups is 1. The lowest BCUT2D eigenvalue weighted by atomic mass is 10.1. The summed E-state index contributed by atoms with van der Waals surface area (Å²) < 4.78 is 7.30. The van der Waals surface area contributed by atoms with Gasteiger partial charge in [0.2, 0.25) is 0 Å². The number of ether oxygens (including phenoxy) is 1. The van der Waals surface area contributed by atoms with Crippen molar-refractivity contribution in [3.8, 4) is 5.75 Å². The SMILES string of the molecule is CCOc1ccc(NC(CC)c2cnn(C)c2)cc1CO. The summed E-state index contributed by atoms with van der Waals surface area (Å²) >= 11 is 0. The first-order valence-corrected chi connectivity index (χ1v) is 7.29. The number of aliphatic hydroxyl groups excluding tert-OH is 1. The molecule has 2 N–H and O–H groups in total. The van der Waals surface area contributed by atoms with Crippen LogP contribution in [0.25, 0.3) is 0 Å². The van der Waals surface area contributed by atoms with E-state index in [0.29, 0.717) is 6.61 Å². The standard InChI is InChI=1S/C16H23N3O2/c1-4-15(13-9-17-19(3)10-13)18-14-6-7-16(21-5-2)12(8-14)11-20/h6-10,15,18,20H,4-5,11H2,1-3H3. The number of aryl methyl sites for hydroxylation is 1. The molecule has 0 aliphatic carbocycles. The zero-order valence-electron chi connectivity index (χ0n) is 12.8. The fourth-order valence-corrected chi connectivity index (χ4v) is 2.33. The molecule has 0 radical (unpaired) electrons. The van der Waals surface area contributed by atoms with Crippen LogP contribution in [0.5, 0.6) is 5.75 Å². The summed E-state index contributed by atoms with van der Waals surface area (Å²) in [4.78, 5) is 0. The lowest BCUT2D eigenvalue weighted by Gasteiger charge is -2.18. The van der Waals surface area contributed by atoms with Crippen molar-refractivity contribution in [2.75, 3.05) is 11.9 Å². The first-order chi connectivity index (χ1) is 10.2. The highest BCUT2D eigenvalue weighted by Gasteiger charge is 2.12. The number of aromatic nitrogens is 2. The molecule has 5 nitrogen and oxygen atoms in total. The van der Waals surface area contributed by atoms with Gasteiger partial charge in [-0.1, -0.05) is 6.92 Å². The normalized spacial score (nSPS) is 12.2. The van der Waals surface area contributed by atoms with Crippen LogP contribution in [0.2, 0.25) is 0 Å². The van der Waals surface area contributed by atoms with Crippen molar-refractivity contribution in [1.82, 2.24) is 9.78 Å². The van der Waals surface area contributed by atoms with Gasteiger partial charge in [0.25, 0.3) is 0 Å². The first-order valence-electron chi connectivity index (χ1n) is 7.29. The van der Waals surface area contributed by atoms with Gasteiger partial charge in [0.15, 0.2) is 0 Å². The van der Waals surface area contributed by atoms with Crippen LogP contribution in [0.15, 0.2) is 30.6 Å². The molecule has 0 amide bonds. The van der Waals surface area contributed by atoms with E-state index in [9.17, 15) is 5.11 Å². The molecule has 0 saturated heterocycles. The van der Waals surface area contributed by atoms with Crippen LogP contribution < -0.4 is 10.1 Å². The van der Waals surface area contributed by atoms with E-state index < -0.39 is 0 Å². The Kier molecular flexibility index (Phi) is 5.22. The van der Waals surface area contributed by atoms with Gasteiger partial charge in [0, 0.05) is 30.1 Å². The fourth-order valence-electron chi connectivity index (χ4n) is 2.33. The van der Waals surface area contributed by atoms with Crippen LogP contribution >= 0.6 is 0 Å². The second kappa shape index (κ2) is 7.13. The van der Waals surface area contributed by atoms with Gasteiger partial charge in [-0.05, 0) is 31.5 Å². The van der Waals surface area contributed by atoms with E-state index in [0.717, 1.165) is 29.0 Å². The quantitative estimate of drug-likeness (QED) is 0.823. The maximum Gasteiger partial charge on any atom is 0.124 e. The Morgan fingerprint density at radius 2 is 2.19 bits per heavy atom. The molecule has 2 rings (SSSR count). The largest absolute Gasteiger partial charge is 0.494 e. The zero-order valence-corrected chi connectivity index (χ0v) is 12.8. The minimum atomic E-state index is -0.0332. The molecule has 21 heavy (non-hydrogen) atoms. The number of hydrogen-bond donors (Lipinski definition) is 2. The van der Waals surface area contributed by atoms with Crippen LogP contribution in [-0.2, 0) is 13.7 Å². The molecule has 0 bridgehead atoms. The summed E-state index contributed by atoms with van der Waals surface area (Å²) in [5.74, 6) is 0.736. The molecule has 0 fully saturated rings. The molecule has 1 heterocycles. The van der Waals surface area contributed by atoms with Gasteiger partial charge in [-0.3, -0.25) is 4.68 Å². The van der Waals surface area contributed by atoms with E-state index in [4.69, 9.17) is 4.74 Å². The van der Waals surface area contributed by atoms with Crippen molar-refractivity contribution < 1.29 is 9.84 Å². The van der Waals surface area contributed by atoms with E-state index in [1.54, 1.807) is 4.68 Å². The Morgan fingerprint density at radius 3 is 2.76 bits per heavy atom. The van der Waals surface area contributed by atoms with Crippen LogP contribution in [0.4, 0.5) is 5.69 Å². The summed E-state index contributed by atoms with van der Waals surface area (Å²) in [5, 5.41) is 17.2. The minimum absolute atomic E-state index is 0.0332. The maximum absolute atomic E-state index is 9.46. The van der Waals surface area contributed by atoms with Crippen molar-refractivity contribution in [3.63, 3.8) is 0 Å². The van der Waals surface area contributed by atoms with Crippen LogP contribution in [-0.4, -0.2) is 21.5 Å². The van der Waals surface area contributed by atoms with Gasteiger partial charge in [0.1, 0.15) is 5.75 Å². The molecular weight excluding hydrogens is 266 g/mol. The molecule has 1 aromatic carbocycles. The van der Waals surface area contributed by atoms with Gasteiger partial charge in [-0.2, -0.15) is 5.10 Å². The van der Waals surface area contributed by atoms with Gasteiger partial charge in [0.05, 0.1) is 25.5 Å². The predicted octanol–water partition coefficient (Wildman–Crippen LogP) is 2.87. The number of hydrogen-bond acceptors (Lipinski definition) is 4. The Bertz CT molecular complexity index is 581. The molecule has 114 valence electrons. The molecule has 0 aliphatic rings. The van der Waals surface area contributed by atoms with E-state index in [-0.39, 0.29) is 12.6 Å². The Hall–Kier alpha value is -2.01. The highest BCUT2D eigenvalue weighted by molar-refractivity contribution is 5.52. The van der Waals surface area contributed by atoms with Crippen molar-refractivity contribution in [2.24, 2.45) is 7.05 Å². The van der Waals surface area contributed by atoms with Gasteiger partial charge in [-0.25, -0.2) is 0 Å². The summed E-state index contributed by atoms with van der Waals surface area (Å²) in [5.41, 5.74) is 2.92. The summed E-state index contributed by atoms with van der Waals surface area (Å²) in [6.45, 7) is 4.62. The first kappa shape index (κ1) is 15.4. The Morgan fingerprint density at radius 1 is 1.38 bits per heavy atom. The fraction of sp³-hybridized carbons (Fsp3) is 0.438. The van der Waals surface area contributed by atoms with Gasteiger partial charge < -0.3 is 15.2 Å². The molecule has 0 spiro atoms. The summed E-state index contributed by atoms with van der Waals surface area (Å²) in [6.07, 6.45) is 4.85. The molecule has 1 aromatic heterocycles. The second-order valence-electron chi connectivity index (χ2n) is 4.97. The average molecular weight is 289 g/mol. The molecule has 1 unspecified atom stereocenters. The van der Waals surface area contributed by atoms with Crippen molar-refractivity contribution in [3.05, 3.63) is 41.7 Å². The number of rotatable bonds is 7. The van der Waals surface area contributed by atoms with Gasteiger partial charge in [-0.15, -0.1) is 0 Å².